The summed E-state index contributed by atoms with van der Waals surface area (Å²) in [7, 11) is 0. The molecule has 0 radical (unpaired) electrons. The van der Waals surface area contributed by atoms with Crippen molar-refractivity contribution in [3.8, 4) is 5.75 Å². The number of ether oxygens (including phenoxy) is 1. The van der Waals surface area contributed by atoms with Gasteiger partial charge in [-0.15, -0.1) is 0 Å². The lowest BCUT2D eigenvalue weighted by Crippen LogP contribution is -2.54. The van der Waals surface area contributed by atoms with Crippen LogP contribution in [0.4, 0.5) is 10.8 Å². The van der Waals surface area contributed by atoms with E-state index in [1.807, 2.05) is 54.3 Å². The molecule has 184 valence electrons. The minimum atomic E-state index is -0.159. The Kier molecular flexibility index (Phi) is 7.39. The van der Waals surface area contributed by atoms with Gasteiger partial charge in [0.1, 0.15) is 17.6 Å². The van der Waals surface area contributed by atoms with Crippen LogP contribution in [-0.2, 0) is 11.2 Å². The second-order valence-electron chi connectivity index (χ2n) is 8.86. The molecule has 2 aliphatic rings. The molecule has 0 N–H and O–H groups in total. The van der Waals surface area contributed by atoms with Gasteiger partial charge in [-0.2, -0.15) is 4.37 Å². The zero-order valence-corrected chi connectivity index (χ0v) is 21.5. The molecule has 1 amide bonds. The van der Waals surface area contributed by atoms with Crippen LogP contribution in [0.2, 0.25) is 5.02 Å². The van der Waals surface area contributed by atoms with Crippen LogP contribution < -0.4 is 14.5 Å². The van der Waals surface area contributed by atoms with Crippen LogP contribution in [0.5, 0.6) is 5.75 Å². The Morgan fingerprint density at radius 3 is 2.63 bits per heavy atom. The van der Waals surface area contributed by atoms with E-state index in [0.717, 1.165) is 65.5 Å². The van der Waals surface area contributed by atoms with E-state index < -0.39 is 0 Å². The standard InChI is InChI=1S/C26H30ClN5O2S/c1-2-34-23-8-4-3-6-21(23)30-14-16-31(17-15-30)25(33)22-7-5-13-32(22)26-28-24(29-35-26)18-19-9-11-20(27)12-10-19/h3-4,6,8-12,22H,2,5,7,13-18H2,1H3. The molecule has 9 heteroatoms. The van der Waals surface area contributed by atoms with Crippen LogP contribution in [-0.4, -0.2) is 65.5 Å². The zero-order valence-electron chi connectivity index (χ0n) is 19.9. The summed E-state index contributed by atoms with van der Waals surface area (Å²) in [5.41, 5.74) is 2.22. The van der Waals surface area contributed by atoms with E-state index in [2.05, 4.69) is 20.2 Å². The summed E-state index contributed by atoms with van der Waals surface area (Å²) in [5, 5.41) is 1.56. The topological polar surface area (TPSA) is 61.8 Å². The van der Waals surface area contributed by atoms with Crippen molar-refractivity contribution < 1.29 is 9.53 Å². The van der Waals surface area contributed by atoms with Crippen LogP contribution in [0.25, 0.3) is 0 Å². The Hall–Kier alpha value is -2.84. The fraction of sp³-hybridized carbons (Fsp3) is 0.423. The van der Waals surface area contributed by atoms with E-state index in [-0.39, 0.29) is 11.9 Å². The Morgan fingerprint density at radius 2 is 1.86 bits per heavy atom. The van der Waals surface area contributed by atoms with E-state index in [9.17, 15) is 4.79 Å². The highest BCUT2D eigenvalue weighted by Crippen LogP contribution is 2.31. The summed E-state index contributed by atoms with van der Waals surface area (Å²) in [6.07, 6.45) is 2.51. The van der Waals surface area contributed by atoms with Gasteiger partial charge in [-0.1, -0.05) is 35.9 Å². The predicted molar refractivity (Wildman–Crippen MR) is 141 cm³/mol. The number of para-hydroxylation sites is 2. The molecule has 0 bridgehead atoms. The normalized spacial score (nSPS) is 18.2. The van der Waals surface area contributed by atoms with Crippen LogP contribution >= 0.6 is 23.1 Å². The van der Waals surface area contributed by atoms with Gasteiger partial charge in [-0.3, -0.25) is 4.79 Å². The van der Waals surface area contributed by atoms with Crippen LogP contribution in [0.1, 0.15) is 31.2 Å². The maximum absolute atomic E-state index is 13.5. The molecule has 35 heavy (non-hydrogen) atoms. The van der Waals surface area contributed by atoms with Crippen molar-refractivity contribution in [3.63, 3.8) is 0 Å². The van der Waals surface area contributed by atoms with Gasteiger partial charge in [0, 0.05) is 55.7 Å². The zero-order chi connectivity index (χ0) is 24.2. The van der Waals surface area contributed by atoms with Crippen LogP contribution in [0.15, 0.2) is 48.5 Å². The summed E-state index contributed by atoms with van der Waals surface area (Å²) in [6, 6.07) is 15.7. The first-order valence-corrected chi connectivity index (χ1v) is 13.4. The van der Waals surface area contributed by atoms with Crippen molar-refractivity contribution in [2.45, 2.75) is 32.2 Å². The van der Waals surface area contributed by atoms with Crippen molar-refractivity contribution >= 4 is 39.9 Å². The van der Waals surface area contributed by atoms with Crippen molar-refractivity contribution in [3.05, 3.63) is 64.9 Å². The number of amides is 1. The molecule has 2 aromatic carbocycles. The number of carbonyl (C=O) groups is 1. The van der Waals surface area contributed by atoms with Crippen LogP contribution in [0, 0.1) is 0 Å². The predicted octanol–water partition coefficient (Wildman–Crippen LogP) is 4.50. The second-order valence-corrected chi connectivity index (χ2v) is 10.0. The molecule has 2 fully saturated rings. The number of anilines is 2. The number of carbonyl (C=O) groups excluding carboxylic acids is 1. The van der Waals surface area contributed by atoms with Crippen molar-refractivity contribution in [1.29, 1.82) is 0 Å². The Morgan fingerprint density at radius 1 is 1.09 bits per heavy atom. The smallest absolute Gasteiger partial charge is 0.245 e. The molecule has 3 heterocycles. The number of rotatable bonds is 7. The first kappa shape index (κ1) is 23.9. The number of hydrogen-bond donors (Lipinski definition) is 0. The largest absolute Gasteiger partial charge is 0.492 e. The summed E-state index contributed by atoms with van der Waals surface area (Å²) < 4.78 is 10.4. The van der Waals surface area contributed by atoms with E-state index in [1.165, 1.54) is 11.5 Å². The van der Waals surface area contributed by atoms with Gasteiger partial charge < -0.3 is 19.4 Å². The number of nitrogens with zero attached hydrogens (tertiary/aromatic N) is 5. The van der Waals surface area contributed by atoms with E-state index >= 15 is 0 Å². The molecular weight excluding hydrogens is 482 g/mol. The number of hydrogen-bond acceptors (Lipinski definition) is 7. The van der Waals surface area contributed by atoms with Gasteiger partial charge in [-0.05, 0) is 49.6 Å². The average molecular weight is 512 g/mol. The maximum atomic E-state index is 13.5. The van der Waals surface area contributed by atoms with Crippen LogP contribution in [0.3, 0.4) is 0 Å². The molecule has 2 saturated heterocycles. The van der Waals surface area contributed by atoms with Gasteiger partial charge in [0.05, 0.1) is 12.3 Å². The van der Waals surface area contributed by atoms with Gasteiger partial charge in [0.15, 0.2) is 0 Å². The molecule has 0 aliphatic carbocycles. The van der Waals surface area contributed by atoms with E-state index in [1.54, 1.807) is 0 Å². The minimum Gasteiger partial charge on any atom is -0.492 e. The van der Waals surface area contributed by atoms with Gasteiger partial charge in [0.25, 0.3) is 0 Å². The Balaban J connectivity index is 1.21. The summed E-state index contributed by atoms with van der Waals surface area (Å²) >= 11 is 7.38. The van der Waals surface area contributed by atoms with E-state index in [0.29, 0.717) is 26.1 Å². The molecule has 7 nitrogen and oxygen atoms in total. The number of aromatic nitrogens is 2. The minimum absolute atomic E-state index is 0.159. The Labute approximate surface area is 215 Å². The Bertz CT molecular complexity index is 1150. The maximum Gasteiger partial charge on any atom is 0.245 e. The molecule has 3 aromatic rings. The fourth-order valence-corrected chi connectivity index (χ4v) is 5.73. The highest BCUT2D eigenvalue weighted by Gasteiger charge is 2.36. The lowest BCUT2D eigenvalue weighted by molar-refractivity contribution is -0.132. The lowest BCUT2D eigenvalue weighted by atomic mass is 10.1. The quantitative estimate of drug-likeness (QED) is 0.465. The molecule has 1 aromatic heterocycles. The van der Waals surface area contributed by atoms with Gasteiger partial charge in [0.2, 0.25) is 11.0 Å². The molecule has 1 atom stereocenters. The van der Waals surface area contributed by atoms with Gasteiger partial charge in [-0.25, -0.2) is 4.98 Å². The van der Waals surface area contributed by atoms with Gasteiger partial charge >= 0.3 is 0 Å². The van der Waals surface area contributed by atoms with E-state index in [4.69, 9.17) is 21.3 Å². The number of benzene rings is 2. The lowest BCUT2D eigenvalue weighted by Gasteiger charge is -2.38. The molecular formula is C26H30ClN5O2S. The first-order chi connectivity index (χ1) is 17.1. The summed E-state index contributed by atoms with van der Waals surface area (Å²) in [4.78, 5) is 24.8. The molecule has 0 spiro atoms. The van der Waals surface area contributed by atoms with Crippen molar-refractivity contribution in [2.24, 2.45) is 0 Å². The SMILES string of the molecule is CCOc1ccccc1N1CCN(C(=O)C2CCCN2c2nc(Cc3ccc(Cl)cc3)ns2)CC1. The third-order valence-electron chi connectivity index (χ3n) is 6.61. The second kappa shape index (κ2) is 10.8. The number of halogens is 1. The third-order valence-corrected chi connectivity index (χ3v) is 7.66. The monoisotopic (exact) mass is 511 g/mol. The number of piperazine rings is 1. The highest BCUT2D eigenvalue weighted by atomic mass is 35.5. The third kappa shape index (κ3) is 5.38. The van der Waals surface area contributed by atoms with Crippen molar-refractivity contribution in [1.82, 2.24) is 14.3 Å². The molecule has 1 unspecified atom stereocenters. The summed E-state index contributed by atoms with van der Waals surface area (Å²) in [6.45, 7) is 6.50. The highest BCUT2D eigenvalue weighted by molar-refractivity contribution is 7.09. The molecule has 2 aliphatic heterocycles. The first-order valence-electron chi connectivity index (χ1n) is 12.2. The fourth-order valence-electron chi connectivity index (χ4n) is 4.84. The molecule has 5 rings (SSSR count). The summed E-state index contributed by atoms with van der Waals surface area (Å²) in [5.74, 6) is 1.89. The average Bonchev–Trinajstić information content (AvgIpc) is 3.55. The molecule has 0 saturated carbocycles. The van der Waals surface area contributed by atoms with Crippen molar-refractivity contribution in [2.75, 3.05) is 49.1 Å².